The summed E-state index contributed by atoms with van der Waals surface area (Å²) in [6.45, 7) is 1.75. The van der Waals surface area contributed by atoms with Gasteiger partial charge in [0.15, 0.2) is 0 Å². The van der Waals surface area contributed by atoms with Gasteiger partial charge in [-0.25, -0.2) is 9.18 Å². The third-order valence-corrected chi connectivity index (χ3v) is 4.98. The number of cyclic esters (lactones) is 1. The summed E-state index contributed by atoms with van der Waals surface area (Å²) < 4.78 is 20.0. The smallest absolute Gasteiger partial charge is 0.414 e. The van der Waals surface area contributed by atoms with Crippen LogP contribution < -0.4 is 21.0 Å². The van der Waals surface area contributed by atoms with Gasteiger partial charge in [-0.2, -0.15) is 0 Å². The molecule has 158 valence electrons. The second-order valence-corrected chi connectivity index (χ2v) is 7.20. The summed E-state index contributed by atoms with van der Waals surface area (Å²) in [5.41, 5.74) is 0.431. The van der Waals surface area contributed by atoms with E-state index in [1.54, 1.807) is 30.3 Å². The molecule has 7 nitrogen and oxygen atoms in total. The second kappa shape index (κ2) is 8.43. The van der Waals surface area contributed by atoms with E-state index in [9.17, 15) is 18.8 Å². The molecule has 2 N–H and O–H groups in total. The molecule has 1 atom stereocenters. The quantitative estimate of drug-likeness (QED) is 0.658. The van der Waals surface area contributed by atoms with Crippen LogP contribution in [0.3, 0.4) is 0 Å². The van der Waals surface area contributed by atoms with Crippen LogP contribution in [0.15, 0.2) is 65.5 Å². The van der Waals surface area contributed by atoms with E-state index in [1.807, 2.05) is 18.2 Å². The molecule has 0 unspecified atom stereocenters. The standard InChI is InChI=1S/C23H20FN3O4/c1-14(28)25-12-17-13-27(23(30)31-17)16-9-10-20(19(24)11-16)26-21-8-4-6-15-5-2-3-7-18(15)22(21)29/h2-11,17H,12-13H2,1H3,(H,25,28)(H,26,29)/t17-/m0/s1. The van der Waals surface area contributed by atoms with Crippen LogP contribution in [0.5, 0.6) is 0 Å². The lowest BCUT2D eigenvalue weighted by atomic mass is 10.2. The molecule has 31 heavy (non-hydrogen) atoms. The van der Waals surface area contributed by atoms with Gasteiger partial charge in [0.25, 0.3) is 0 Å². The third kappa shape index (κ3) is 4.32. The molecule has 1 heterocycles. The lowest BCUT2D eigenvalue weighted by molar-refractivity contribution is -0.119. The van der Waals surface area contributed by atoms with Gasteiger partial charge in [-0.05, 0) is 29.7 Å². The fraction of sp³-hybridized carbons (Fsp3) is 0.174. The van der Waals surface area contributed by atoms with Gasteiger partial charge >= 0.3 is 6.09 Å². The number of anilines is 3. The molecule has 0 aliphatic carbocycles. The number of hydrogen-bond donors (Lipinski definition) is 2. The predicted molar refractivity (Wildman–Crippen MR) is 116 cm³/mol. The number of carbonyl (C=O) groups is 2. The summed E-state index contributed by atoms with van der Waals surface area (Å²) in [5, 5.41) is 6.76. The predicted octanol–water partition coefficient (Wildman–Crippen LogP) is 3.54. The van der Waals surface area contributed by atoms with Crippen LogP contribution in [0.2, 0.25) is 0 Å². The first-order valence-corrected chi connectivity index (χ1v) is 9.73. The Morgan fingerprint density at radius 1 is 1.10 bits per heavy atom. The van der Waals surface area contributed by atoms with Gasteiger partial charge in [0, 0.05) is 12.3 Å². The molecule has 3 aromatic carbocycles. The molecular formula is C23H20FN3O4. The van der Waals surface area contributed by atoms with Crippen molar-refractivity contribution in [3.05, 3.63) is 76.7 Å². The largest absolute Gasteiger partial charge is 0.442 e. The maximum Gasteiger partial charge on any atom is 0.414 e. The van der Waals surface area contributed by atoms with E-state index in [0.29, 0.717) is 11.1 Å². The Labute approximate surface area is 177 Å². The number of nitrogens with one attached hydrogen (secondary N) is 2. The van der Waals surface area contributed by atoms with E-state index >= 15 is 0 Å². The average molecular weight is 421 g/mol. The molecule has 1 fully saturated rings. The van der Waals surface area contributed by atoms with E-state index in [1.165, 1.54) is 24.0 Å². The van der Waals surface area contributed by atoms with Crippen molar-refractivity contribution < 1.29 is 18.7 Å². The number of amides is 2. The van der Waals surface area contributed by atoms with Crippen LogP contribution in [0, 0.1) is 5.82 Å². The molecule has 0 spiro atoms. The third-order valence-electron chi connectivity index (χ3n) is 4.98. The monoisotopic (exact) mass is 421 g/mol. The van der Waals surface area contributed by atoms with Gasteiger partial charge in [-0.15, -0.1) is 0 Å². The fourth-order valence-corrected chi connectivity index (χ4v) is 3.43. The van der Waals surface area contributed by atoms with E-state index in [-0.39, 0.29) is 35.8 Å². The van der Waals surface area contributed by atoms with Crippen molar-refractivity contribution in [1.29, 1.82) is 0 Å². The summed E-state index contributed by atoms with van der Waals surface area (Å²) in [6.07, 6.45) is -1.13. The normalized spacial score (nSPS) is 15.6. The van der Waals surface area contributed by atoms with Crippen molar-refractivity contribution in [1.82, 2.24) is 5.32 Å². The molecular weight excluding hydrogens is 401 g/mol. The zero-order chi connectivity index (χ0) is 22.0. The minimum atomic E-state index is -0.620. The first kappa shape index (κ1) is 20.3. The lowest BCUT2D eigenvalue weighted by Crippen LogP contribution is -2.33. The van der Waals surface area contributed by atoms with Crippen LogP contribution in [-0.4, -0.2) is 31.2 Å². The summed E-state index contributed by atoms with van der Waals surface area (Å²) in [4.78, 5) is 37.3. The topological polar surface area (TPSA) is 87.7 Å². The molecule has 2 amide bonds. The molecule has 0 aromatic heterocycles. The maximum absolute atomic E-state index is 14.8. The highest BCUT2D eigenvalue weighted by atomic mass is 19.1. The van der Waals surface area contributed by atoms with Crippen molar-refractivity contribution in [3.63, 3.8) is 0 Å². The van der Waals surface area contributed by atoms with Gasteiger partial charge in [0.2, 0.25) is 11.3 Å². The summed E-state index contributed by atoms with van der Waals surface area (Å²) in [6, 6.07) is 16.6. The lowest BCUT2D eigenvalue weighted by Gasteiger charge is -2.15. The van der Waals surface area contributed by atoms with Crippen molar-refractivity contribution in [3.8, 4) is 0 Å². The van der Waals surface area contributed by atoms with Crippen molar-refractivity contribution >= 4 is 39.8 Å². The van der Waals surface area contributed by atoms with Crippen LogP contribution in [0.4, 0.5) is 26.2 Å². The average Bonchev–Trinajstić information content (AvgIpc) is 3.05. The van der Waals surface area contributed by atoms with Gasteiger partial charge in [0.1, 0.15) is 11.9 Å². The van der Waals surface area contributed by atoms with Crippen LogP contribution in [0.25, 0.3) is 10.8 Å². The number of nitrogens with zero attached hydrogens (tertiary/aromatic N) is 1. The Balaban J connectivity index is 1.56. The summed E-state index contributed by atoms with van der Waals surface area (Å²) in [5.74, 6) is -0.846. The minimum Gasteiger partial charge on any atom is -0.442 e. The SMILES string of the molecule is CC(=O)NC[C@H]1CN(c2ccc(Nc3cccc4ccccc4c3=O)c(F)c2)C(=O)O1. The molecule has 4 rings (SSSR count). The van der Waals surface area contributed by atoms with Crippen LogP contribution in [0.1, 0.15) is 6.92 Å². The highest BCUT2D eigenvalue weighted by molar-refractivity contribution is 5.90. The molecule has 1 saturated heterocycles. The zero-order valence-electron chi connectivity index (χ0n) is 16.7. The number of carbonyl (C=O) groups excluding carboxylic acids is 2. The van der Waals surface area contributed by atoms with E-state index < -0.39 is 18.0 Å². The Morgan fingerprint density at radius 2 is 1.87 bits per heavy atom. The van der Waals surface area contributed by atoms with Gasteiger partial charge in [-0.1, -0.05) is 36.4 Å². The Kier molecular flexibility index (Phi) is 5.53. The van der Waals surface area contributed by atoms with Gasteiger partial charge < -0.3 is 15.4 Å². The number of halogens is 1. The Morgan fingerprint density at radius 3 is 2.65 bits per heavy atom. The van der Waals surface area contributed by atoms with E-state index in [2.05, 4.69) is 10.6 Å². The number of benzene rings is 2. The molecule has 0 radical (unpaired) electrons. The first-order chi connectivity index (χ1) is 14.9. The minimum absolute atomic E-state index is 0.110. The second-order valence-electron chi connectivity index (χ2n) is 7.20. The number of ether oxygens (including phenoxy) is 1. The van der Waals surface area contributed by atoms with Crippen molar-refractivity contribution in [2.75, 3.05) is 23.3 Å². The zero-order valence-corrected chi connectivity index (χ0v) is 16.7. The first-order valence-electron chi connectivity index (χ1n) is 9.73. The van der Waals surface area contributed by atoms with E-state index in [4.69, 9.17) is 4.74 Å². The number of hydrogen-bond acceptors (Lipinski definition) is 5. The molecule has 0 bridgehead atoms. The highest BCUT2D eigenvalue weighted by Gasteiger charge is 2.32. The molecule has 1 aliphatic rings. The van der Waals surface area contributed by atoms with Crippen LogP contribution >= 0.6 is 0 Å². The summed E-state index contributed by atoms with van der Waals surface area (Å²) >= 11 is 0. The molecule has 3 aromatic rings. The highest BCUT2D eigenvalue weighted by Crippen LogP contribution is 2.27. The van der Waals surface area contributed by atoms with Crippen molar-refractivity contribution in [2.24, 2.45) is 0 Å². The fourth-order valence-electron chi connectivity index (χ4n) is 3.43. The van der Waals surface area contributed by atoms with Crippen LogP contribution in [-0.2, 0) is 9.53 Å². The molecule has 1 aliphatic heterocycles. The van der Waals surface area contributed by atoms with Gasteiger partial charge in [0.05, 0.1) is 30.2 Å². The number of fused-ring (bicyclic) bond motifs is 1. The van der Waals surface area contributed by atoms with Gasteiger partial charge in [-0.3, -0.25) is 14.5 Å². The van der Waals surface area contributed by atoms with E-state index in [0.717, 1.165) is 5.39 Å². The molecule has 8 heteroatoms. The number of rotatable bonds is 5. The Bertz CT molecular complexity index is 1230. The molecule has 0 saturated carbocycles. The summed E-state index contributed by atoms with van der Waals surface area (Å²) in [7, 11) is 0. The maximum atomic E-state index is 14.8. The Hall–Kier alpha value is -3.94. The van der Waals surface area contributed by atoms with Crippen molar-refractivity contribution in [2.45, 2.75) is 13.0 Å².